The molecular formula is C14H24N4O2. The lowest BCUT2D eigenvalue weighted by Crippen LogP contribution is -2.48. The van der Waals surface area contributed by atoms with Gasteiger partial charge in [0.05, 0.1) is 6.04 Å². The van der Waals surface area contributed by atoms with E-state index in [1.165, 1.54) is 0 Å². The molecule has 112 valence electrons. The van der Waals surface area contributed by atoms with Gasteiger partial charge in [0, 0.05) is 19.4 Å². The van der Waals surface area contributed by atoms with Crippen molar-refractivity contribution in [1.82, 2.24) is 14.5 Å². The van der Waals surface area contributed by atoms with Gasteiger partial charge in [0.1, 0.15) is 11.9 Å². The summed E-state index contributed by atoms with van der Waals surface area (Å²) in [4.78, 5) is 17.7. The number of aromatic nitrogens is 2. The Morgan fingerprint density at radius 1 is 1.55 bits per heavy atom. The molecule has 2 unspecified atom stereocenters. The van der Waals surface area contributed by atoms with Gasteiger partial charge in [-0.05, 0) is 38.3 Å². The van der Waals surface area contributed by atoms with E-state index >= 15 is 0 Å². The highest BCUT2D eigenvalue weighted by Gasteiger charge is 2.31. The van der Waals surface area contributed by atoms with Crippen molar-refractivity contribution in [3.63, 3.8) is 0 Å². The van der Waals surface area contributed by atoms with Crippen LogP contribution in [0, 0.1) is 5.92 Å². The van der Waals surface area contributed by atoms with Crippen LogP contribution >= 0.6 is 0 Å². The Balaban J connectivity index is 1.94. The van der Waals surface area contributed by atoms with Crippen molar-refractivity contribution in [1.29, 1.82) is 0 Å². The molecule has 0 bridgehead atoms. The molecule has 1 saturated heterocycles. The Bertz CT molecular complexity index is 452. The van der Waals surface area contributed by atoms with Crippen LogP contribution < -0.4 is 5.73 Å². The number of primary amides is 1. The molecular weight excluding hydrogens is 256 g/mol. The summed E-state index contributed by atoms with van der Waals surface area (Å²) in [6.45, 7) is 3.57. The number of imidazole rings is 1. The van der Waals surface area contributed by atoms with Gasteiger partial charge in [0.2, 0.25) is 5.91 Å². The van der Waals surface area contributed by atoms with Crippen molar-refractivity contribution in [2.45, 2.75) is 38.3 Å². The normalized spacial score (nSPS) is 20.8. The molecule has 0 aromatic carbocycles. The number of aryl methyl sites for hydroxylation is 1. The highest BCUT2D eigenvalue weighted by molar-refractivity contribution is 5.79. The van der Waals surface area contributed by atoms with Gasteiger partial charge in [-0.25, -0.2) is 4.98 Å². The first-order valence-electron chi connectivity index (χ1n) is 7.23. The minimum absolute atomic E-state index is 0.179. The molecule has 1 fully saturated rings. The second kappa shape index (κ2) is 6.37. The van der Waals surface area contributed by atoms with Crippen LogP contribution in [-0.4, -0.2) is 44.6 Å². The zero-order valence-electron chi connectivity index (χ0n) is 12.2. The number of piperidine rings is 1. The highest BCUT2D eigenvalue weighted by Crippen LogP contribution is 2.30. The fraction of sp³-hybridized carbons (Fsp3) is 0.714. The Labute approximate surface area is 119 Å². The van der Waals surface area contributed by atoms with E-state index in [0.29, 0.717) is 5.82 Å². The zero-order chi connectivity index (χ0) is 14.7. The number of likely N-dealkylation sites (tertiary alicyclic amines) is 1. The molecule has 20 heavy (non-hydrogen) atoms. The van der Waals surface area contributed by atoms with Crippen LogP contribution in [0.15, 0.2) is 12.4 Å². The van der Waals surface area contributed by atoms with Crippen molar-refractivity contribution in [3.05, 3.63) is 18.2 Å². The lowest BCUT2D eigenvalue weighted by molar-refractivity contribution is -0.124. The van der Waals surface area contributed by atoms with E-state index < -0.39 is 6.10 Å². The number of carbonyl (C=O) groups excluding carboxylic acids is 1. The van der Waals surface area contributed by atoms with Crippen LogP contribution in [0.1, 0.15) is 38.1 Å². The third-order valence-corrected chi connectivity index (χ3v) is 4.30. The highest BCUT2D eigenvalue weighted by atomic mass is 16.3. The minimum atomic E-state index is -0.536. The number of amides is 1. The molecule has 0 radical (unpaired) electrons. The van der Waals surface area contributed by atoms with E-state index in [-0.39, 0.29) is 17.9 Å². The molecule has 1 aromatic heterocycles. The van der Waals surface area contributed by atoms with Gasteiger partial charge in [0.25, 0.3) is 0 Å². The molecule has 3 N–H and O–H groups in total. The topological polar surface area (TPSA) is 84.4 Å². The largest absolute Gasteiger partial charge is 0.385 e. The van der Waals surface area contributed by atoms with Gasteiger partial charge in [-0.1, -0.05) is 6.92 Å². The summed E-state index contributed by atoms with van der Waals surface area (Å²) in [7, 11) is 1.89. The quantitative estimate of drug-likeness (QED) is 0.819. The van der Waals surface area contributed by atoms with E-state index in [4.69, 9.17) is 5.73 Å². The van der Waals surface area contributed by atoms with E-state index in [1.807, 2.05) is 24.7 Å². The number of aliphatic hydroxyl groups is 1. The second-order valence-corrected chi connectivity index (χ2v) is 5.54. The van der Waals surface area contributed by atoms with Crippen LogP contribution in [0.2, 0.25) is 0 Å². The lowest BCUT2D eigenvalue weighted by Gasteiger charge is -2.37. The summed E-state index contributed by atoms with van der Waals surface area (Å²) < 4.78 is 1.86. The molecule has 0 spiro atoms. The van der Waals surface area contributed by atoms with Crippen LogP contribution in [0.3, 0.4) is 0 Å². The predicted octanol–water partition coefficient (Wildman–Crippen LogP) is 0.429. The number of nitrogens with two attached hydrogens (primary N) is 1. The summed E-state index contributed by atoms with van der Waals surface area (Å²) in [5.74, 6) is 0.652. The van der Waals surface area contributed by atoms with Gasteiger partial charge in [-0.15, -0.1) is 0 Å². The van der Waals surface area contributed by atoms with Crippen LogP contribution in [0.25, 0.3) is 0 Å². The summed E-state index contributed by atoms with van der Waals surface area (Å²) >= 11 is 0. The maximum Gasteiger partial charge on any atom is 0.234 e. The summed E-state index contributed by atoms with van der Waals surface area (Å²) in [5, 5.41) is 10.4. The Morgan fingerprint density at radius 3 is 2.65 bits per heavy atom. The average Bonchev–Trinajstić information content (AvgIpc) is 2.85. The molecule has 2 heterocycles. The fourth-order valence-corrected chi connectivity index (χ4v) is 3.06. The molecule has 1 aliphatic rings. The molecule has 1 aromatic rings. The molecule has 0 aliphatic carbocycles. The van der Waals surface area contributed by atoms with Crippen LogP contribution in [0.4, 0.5) is 0 Å². The van der Waals surface area contributed by atoms with Gasteiger partial charge >= 0.3 is 0 Å². The van der Waals surface area contributed by atoms with Crippen molar-refractivity contribution < 1.29 is 9.90 Å². The van der Waals surface area contributed by atoms with Crippen molar-refractivity contribution in [3.8, 4) is 0 Å². The van der Waals surface area contributed by atoms with Crippen molar-refractivity contribution in [2.75, 3.05) is 13.1 Å². The van der Waals surface area contributed by atoms with Crippen molar-refractivity contribution >= 4 is 5.91 Å². The number of hydrogen-bond donors (Lipinski definition) is 2. The first kappa shape index (κ1) is 15.0. The first-order chi connectivity index (χ1) is 9.54. The molecule has 1 amide bonds. The van der Waals surface area contributed by atoms with E-state index in [2.05, 4.69) is 9.88 Å². The summed E-state index contributed by atoms with van der Waals surface area (Å²) in [6, 6.07) is -0.179. The van der Waals surface area contributed by atoms with Crippen molar-refractivity contribution in [2.24, 2.45) is 18.7 Å². The lowest BCUT2D eigenvalue weighted by atomic mass is 9.89. The average molecular weight is 280 g/mol. The van der Waals surface area contributed by atoms with Gasteiger partial charge in [-0.3, -0.25) is 9.69 Å². The predicted molar refractivity (Wildman–Crippen MR) is 75.7 cm³/mol. The number of aliphatic hydroxyl groups excluding tert-OH is 1. The van der Waals surface area contributed by atoms with E-state index in [1.54, 1.807) is 6.20 Å². The number of hydrogen-bond acceptors (Lipinski definition) is 4. The second-order valence-electron chi connectivity index (χ2n) is 5.54. The number of carbonyl (C=O) groups is 1. The minimum Gasteiger partial charge on any atom is -0.385 e. The summed E-state index contributed by atoms with van der Waals surface area (Å²) in [6.07, 6.45) is 5.46. The van der Waals surface area contributed by atoms with Gasteiger partial charge < -0.3 is 15.4 Å². The molecule has 0 saturated carbocycles. The smallest absolute Gasteiger partial charge is 0.234 e. The molecule has 2 atom stereocenters. The zero-order valence-corrected chi connectivity index (χ0v) is 12.2. The van der Waals surface area contributed by atoms with Crippen LogP contribution in [-0.2, 0) is 11.8 Å². The summed E-state index contributed by atoms with van der Waals surface area (Å²) in [5.41, 5.74) is 5.43. The standard InChI is InChI=1S/C14H24N4O2/c1-3-11(13(15)20)18-7-4-10(5-8-18)12(19)14-16-6-9-17(14)2/h6,9-12,19H,3-5,7-8H2,1-2H3,(H2,15,20). The monoisotopic (exact) mass is 280 g/mol. The molecule has 6 heteroatoms. The molecule has 1 aliphatic heterocycles. The number of rotatable bonds is 5. The third kappa shape index (κ3) is 3.02. The Morgan fingerprint density at radius 2 is 2.20 bits per heavy atom. The maximum atomic E-state index is 11.4. The third-order valence-electron chi connectivity index (χ3n) is 4.30. The SMILES string of the molecule is CCC(C(N)=O)N1CCC(C(O)c2nccn2C)CC1. The van der Waals surface area contributed by atoms with Gasteiger partial charge in [-0.2, -0.15) is 0 Å². The van der Waals surface area contributed by atoms with Crippen LogP contribution in [0.5, 0.6) is 0 Å². The fourth-order valence-electron chi connectivity index (χ4n) is 3.06. The number of nitrogens with zero attached hydrogens (tertiary/aromatic N) is 3. The maximum absolute atomic E-state index is 11.4. The molecule has 6 nitrogen and oxygen atoms in total. The Kier molecular flexibility index (Phi) is 4.77. The Hall–Kier alpha value is -1.40. The van der Waals surface area contributed by atoms with E-state index in [0.717, 1.165) is 32.4 Å². The van der Waals surface area contributed by atoms with E-state index in [9.17, 15) is 9.90 Å². The van der Waals surface area contributed by atoms with Gasteiger partial charge in [0.15, 0.2) is 0 Å². The molecule has 2 rings (SSSR count). The first-order valence-corrected chi connectivity index (χ1v) is 7.23.